The van der Waals surface area contributed by atoms with Gasteiger partial charge in [0.1, 0.15) is 0 Å². The largest absolute Gasteiger partial charge is 0.339 e. The van der Waals surface area contributed by atoms with Gasteiger partial charge in [-0.1, -0.05) is 18.9 Å². The molecule has 0 spiro atoms. The van der Waals surface area contributed by atoms with Crippen LogP contribution in [0.5, 0.6) is 0 Å². The molecule has 0 saturated carbocycles. The number of nitrogens with zero attached hydrogens (tertiary/aromatic N) is 2. The molecule has 0 radical (unpaired) electrons. The predicted molar refractivity (Wildman–Crippen MR) is 86.6 cm³/mol. The van der Waals surface area contributed by atoms with E-state index in [0.717, 1.165) is 25.9 Å². The third-order valence-corrected chi connectivity index (χ3v) is 6.24. The molecule has 0 unspecified atom stereocenters. The van der Waals surface area contributed by atoms with Gasteiger partial charge in [0.2, 0.25) is 10.0 Å². The number of benzene rings is 1. The molecule has 0 bridgehead atoms. The van der Waals surface area contributed by atoms with Gasteiger partial charge in [0.15, 0.2) is 0 Å². The van der Waals surface area contributed by atoms with Crippen LogP contribution in [0.1, 0.15) is 42.5 Å². The zero-order valence-electron chi connectivity index (χ0n) is 12.7. The Hall–Kier alpha value is -1.56. The molecule has 2 saturated heterocycles. The molecule has 0 aliphatic carbocycles. The van der Waals surface area contributed by atoms with E-state index in [-0.39, 0.29) is 11.7 Å². The van der Waals surface area contributed by atoms with E-state index in [9.17, 15) is 13.2 Å². The van der Waals surface area contributed by atoms with Crippen LogP contribution >= 0.6 is 0 Å². The van der Waals surface area contributed by atoms with Crippen LogP contribution in [-0.4, -0.2) is 44.6 Å². The lowest BCUT2D eigenvalue weighted by Crippen LogP contribution is -2.32. The average molecular weight is 322 g/mol. The Morgan fingerprint density at radius 2 is 1.68 bits per heavy atom. The molecule has 0 N–H and O–H groups in total. The van der Waals surface area contributed by atoms with Crippen LogP contribution in [0.25, 0.3) is 0 Å². The highest BCUT2D eigenvalue weighted by Gasteiger charge is 2.29. The van der Waals surface area contributed by atoms with Gasteiger partial charge in [-0.05, 0) is 37.5 Å². The number of carbonyl (C=O) groups is 1. The van der Waals surface area contributed by atoms with Crippen LogP contribution in [0.2, 0.25) is 0 Å². The van der Waals surface area contributed by atoms with Crippen LogP contribution < -0.4 is 4.31 Å². The third-order valence-electron chi connectivity index (χ3n) is 4.37. The lowest BCUT2D eigenvalue weighted by molar-refractivity contribution is 0.0761. The Balaban J connectivity index is 1.83. The summed E-state index contributed by atoms with van der Waals surface area (Å²) in [5.74, 6) is 0.206. The van der Waals surface area contributed by atoms with Crippen molar-refractivity contribution >= 4 is 21.6 Å². The first-order valence-electron chi connectivity index (χ1n) is 7.98. The van der Waals surface area contributed by atoms with Gasteiger partial charge in [-0.15, -0.1) is 0 Å². The first-order valence-corrected chi connectivity index (χ1v) is 9.59. The van der Waals surface area contributed by atoms with Gasteiger partial charge in [0, 0.05) is 25.2 Å². The molecular formula is C16H22N2O3S. The molecule has 120 valence electrons. The Morgan fingerprint density at radius 3 is 2.32 bits per heavy atom. The molecule has 5 nitrogen and oxygen atoms in total. The summed E-state index contributed by atoms with van der Waals surface area (Å²) in [6, 6.07) is 7.03. The highest BCUT2D eigenvalue weighted by atomic mass is 32.2. The molecule has 1 aromatic rings. The molecule has 2 aliphatic rings. The number of rotatable bonds is 2. The summed E-state index contributed by atoms with van der Waals surface area (Å²) in [6.07, 6.45) is 5.09. The maximum atomic E-state index is 12.6. The Bertz CT molecular complexity index is 649. The first-order chi connectivity index (χ1) is 10.6. The van der Waals surface area contributed by atoms with Crippen molar-refractivity contribution in [3.63, 3.8) is 0 Å². The summed E-state index contributed by atoms with van der Waals surface area (Å²) in [6.45, 7) is 2.10. The van der Waals surface area contributed by atoms with Crippen molar-refractivity contribution in [1.29, 1.82) is 0 Å². The minimum atomic E-state index is -3.20. The molecule has 1 amide bonds. The molecule has 0 aromatic heterocycles. The second-order valence-electron chi connectivity index (χ2n) is 6.00. The molecular weight excluding hydrogens is 300 g/mol. The van der Waals surface area contributed by atoms with E-state index in [0.29, 0.717) is 24.2 Å². The third kappa shape index (κ3) is 3.11. The number of anilines is 1. The fraction of sp³-hybridized carbons (Fsp3) is 0.562. The van der Waals surface area contributed by atoms with Crippen LogP contribution in [0, 0.1) is 0 Å². The van der Waals surface area contributed by atoms with Crippen molar-refractivity contribution in [1.82, 2.24) is 4.90 Å². The lowest BCUT2D eigenvalue weighted by atomic mass is 10.1. The lowest BCUT2D eigenvalue weighted by Gasteiger charge is -2.22. The van der Waals surface area contributed by atoms with Crippen LogP contribution in [0.15, 0.2) is 24.3 Å². The van der Waals surface area contributed by atoms with E-state index in [1.165, 1.54) is 17.1 Å². The highest BCUT2D eigenvalue weighted by molar-refractivity contribution is 7.93. The van der Waals surface area contributed by atoms with Crippen LogP contribution in [0.3, 0.4) is 0 Å². The zero-order chi connectivity index (χ0) is 15.6. The standard InChI is InChI=1S/C16H22N2O3S/c19-16(17-9-3-1-2-4-10-17)14-7-5-8-15(13-14)18-11-6-12-22(18,20)21/h5,7-8,13H,1-4,6,9-12H2. The predicted octanol–water partition coefficient (Wildman–Crippen LogP) is 2.24. The Kier molecular flexibility index (Phi) is 4.38. The maximum Gasteiger partial charge on any atom is 0.253 e. The fourth-order valence-electron chi connectivity index (χ4n) is 3.18. The van der Waals surface area contributed by atoms with Gasteiger partial charge in [-0.2, -0.15) is 0 Å². The zero-order valence-corrected chi connectivity index (χ0v) is 13.5. The number of sulfonamides is 1. The summed E-state index contributed by atoms with van der Waals surface area (Å²) in [5, 5.41) is 0. The minimum absolute atomic E-state index is 0.0142. The number of carbonyl (C=O) groups excluding carboxylic acids is 1. The summed E-state index contributed by atoms with van der Waals surface area (Å²) in [4.78, 5) is 14.5. The molecule has 2 aliphatic heterocycles. The minimum Gasteiger partial charge on any atom is -0.339 e. The molecule has 2 heterocycles. The summed E-state index contributed by atoms with van der Waals surface area (Å²) < 4.78 is 25.5. The van der Waals surface area contributed by atoms with Crippen molar-refractivity contribution in [3.8, 4) is 0 Å². The van der Waals surface area contributed by atoms with Crippen molar-refractivity contribution in [2.45, 2.75) is 32.1 Å². The van der Waals surface area contributed by atoms with Crippen molar-refractivity contribution in [3.05, 3.63) is 29.8 Å². The number of amides is 1. The summed E-state index contributed by atoms with van der Waals surface area (Å²) in [7, 11) is -3.20. The highest BCUT2D eigenvalue weighted by Crippen LogP contribution is 2.25. The van der Waals surface area contributed by atoms with Crippen molar-refractivity contribution < 1.29 is 13.2 Å². The molecule has 6 heteroatoms. The van der Waals surface area contributed by atoms with Crippen molar-refractivity contribution in [2.75, 3.05) is 29.7 Å². The fourth-order valence-corrected chi connectivity index (χ4v) is 4.74. The van der Waals surface area contributed by atoms with E-state index >= 15 is 0 Å². The summed E-state index contributed by atoms with van der Waals surface area (Å²) in [5.41, 5.74) is 1.19. The second kappa shape index (κ2) is 6.28. The van der Waals surface area contributed by atoms with Crippen LogP contribution in [-0.2, 0) is 10.0 Å². The number of hydrogen-bond donors (Lipinski definition) is 0. The number of likely N-dealkylation sites (tertiary alicyclic amines) is 1. The SMILES string of the molecule is O=C(c1cccc(N2CCCS2(=O)=O)c1)N1CCCCCC1. The topological polar surface area (TPSA) is 57.7 Å². The normalized spacial score (nSPS) is 21.6. The second-order valence-corrected chi connectivity index (χ2v) is 8.01. The van der Waals surface area contributed by atoms with E-state index in [1.807, 2.05) is 4.90 Å². The van der Waals surface area contributed by atoms with E-state index < -0.39 is 10.0 Å². The van der Waals surface area contributed by atoms with Gasteiger partial charge in [-0.25, -0.2) is 8.42 Å². The average Bonchev–Trinajstić information content (AvgIpc) is 2.72. The maximum absolute atomic E-state index is 12.6. The molecule has 2 fully saturated rings. The molecule has 1 aromatic carbocycles. The van der Waals surface area contributed by atoms with E-state index in [2.05, 4.69) is 0 Å². The first kappa shape index (κ1) is 15.3. The van der Waals surface area contributed by atoms with E-state index in [1.54, 1.807) is 24.3 Å². The van der Waals surface area contributed by atoms with Gasteiger partial charge in [-0.3, -0.25) is 9.10 Å². The summed E-state index contributed by atoms with van der Waals surface area (Å²) >= 11 is 0. The molecule has 22 heavy (non-hydrogen) atoms. The Morgan fingerprint density at radius 1 is 0.955 bits per heavy atom. The number of hydrogen-bond acceptors (Lipinski definition) is 3. The Labute approximate surface area is 132 Å². The van der Waals surface area contributed by atoms with Crippen molar-refractivity contribution in [2.24, 2.45) is 0 Å². The molecule has 3 rings (SSSR count). The molecule has 0 atom stereocenters. The quantitative estimate of drug-likeness (QED) is 0.839. The van der Waals surface area contributed by atoms with Crippen LogP contribution in [0.4, 0.5) is 5.69 Å². The monoisotopic (exact) mass is 322 g/mol. The van der Waals surface area contributed by atoms with Gasteiger partial charge >= 0.3 is 0 Å². The van der Waals surface area contributed by atoms with E-state index in [4.69, 9.17) is 0 Å². The van der Waals surface area contributed by atoms with Gasteiger partial charge in [0.05, 0.1) is 11.4 Å². The van der Waals surface area contributed by atoms with Gasteiger partial charge < -0.3 is 4.90 Å². The van der Waals surface area contributed by atoms with Gasteiger partial charge in [0.25, 0.3) is 5.91 Å². The smallest absolute Gasteiger partial charge is 0.253 e.